The zero-order valence-corrected chi connectivity index (χ0v) is 15.8. The lowest BCUT2D eigenvalue weighted by atomic mass is 9.78. The molecule has 2 amide bonds. The number of aryl methyl sites for hydroxylation is 1. The van der Waals surface area contributed by atoms with Gasteiger partial charge in [-0.2, -0.15) is 0 Å². The quantitative estimate of drug-likeness (QED) is 0.839. The Morgan fingerprint density at radius 3 is 2.81 bits per heavy atom. The van der Waals surface area contributed by atoms with E-state index in [1.165, 1.54) is 0 Å². The molecule has 27 heavy (non-hydrogen) atoms. The summed E-state index contributed by atoms with van der Waals surface area (Å²) in [5.41, 5.74) is 1.89. The molecule has 2 aromatic rings. The lowest BCUT2D eigenvalue weighted by molar-refractivity contribution is -0.126. The molecule has 0 aliphatic carbocycles. The van der Waals surface area contributed by atoms with Crippen LogP contribution in [0, 0.1) is 11.3 Å². The van der Waals surface area contributed by atoms with Crippen LogP contribution < -0.4 is 4.90 Å². The standard InChI is InChI=1S/C21H24N4O2/c1-3-17-7-6-16(11-23-17)19(26)24-13-15(2)21(14-24)8-10-25(20(21)27)18-5-4-9-22-12-18/h4-7,9,11-12,15H,3,8,10,13-14H2,1-2H3/t15-,21-/m1/s1. The highest BCUT2D eigenvalue weighted by Gasteiger charge is 2.56. The second kappa shape index (κ2) is 6.76. The van der Waals surface area contributed by atoms with Gasteiger partial charge in [-0.05, 0) is 43.0 Å². The number of rotatable bonds is 3. The average molecular weight is 364 g/mol. The summed E-state index contributed by atoms with van der Waals surface area (Å²) in [5, 5.41) is 0. The molecule has 0 N–H and O–H groups in total. The molecule has 6 heteroatoms. The van der Waals surface area contributed by atoms with Crippen molar-refractivity contribution < 1.29 is 9.59 Å². The first-order chi connectivity index (χ1) is 13.0. The van der Waals surface area contributed by atoms with Crippen molar-refractivity contribution in [2.45, 2.75) is 26.7 Å². The Labute approximate surface area is 159 Å². The van der Waals surface area contributed by atoms with E-state index in [1.807, 2.05) is 41.0 Å². The van der Waals surface area contributed by atoms with Crippen LogP contribution >= 0.6 is 0 Å². The van der Waals surface area contributed by atoms with Gasteiger partial charge in [0.2, 0.25) is 5.91 Å². The summed E-state index contributed by atoms with van der Waals surface area (Å²) in [7, 11) is 0. The predicted octanol–water partition coefficient (Wildman–Crippen LogP) is 2.55. The minimum absolute atomic E-state index is 0.0403. The third-order valence-electron chi connectivity index (χ3n) is 6.04. The van der Waals surface area contributed by atoms with Crippen molar-refractivity contribution in [1.29, 1.82) is 0 Å². The van der Waals surface area contributed by atoms with E-state index in [4.69, 9.17) is 0 Å². The SMILES string of the molecule is CCc1ccc(C(=O)N2C[C@@H](C)[C@@]3(CCN(c4cccnc4)C3=O)C2)cn1. The summed E-state index contributed by atoms with van der Waals surface area (Å²) in [6, 6.07) is 7.48. The van der Waals surface area contributed by atoms with E-state index in [9.17, 15) is 9.59 Å². The number of nitrogens with zero attached hydrogens (tertiary/aromatic N) is 4. The lowest BCUT2D eigenvalue weighted by Gasteiger charge is -2.26. The number of anilines is 1. The molecule has 2 fully saturated rings. The van der Waals surface area contributed by atoms with Gasteiger partial charge >= 0.3 is 0 Å². The summed E-state index contributed by atoms with van der Waals surface area (Å²) in [6.45, 7) is 5.86. The maximum Gasteiger partial charge on any atom is 0.255 e. The summed E-state index contributed by atoms with van der Waals surface area (Å²) in [6.07, 6.45) is 6.68. The van der Waals surface area contributed by atoms with Gasteiger partial charge in [-0.15, -0.1) is 0 Å². The van der Waals surface area contributed by atoms with Crippen molar-refractivity contribution >= 4 is 17.5 Å². The number of hydrogen-bond donors (Lipinski definition) is 0. The Morgan fingerprint density at radius 1 is 1.30 bits per heavy atom. The molecule has 2 aromatic heterocycles. The Morgan fingerprint density at radius 2 is 2.15 bits per heavy atom. The van der Waals surface area contributed by atoms with Crippen LogP contribution in [-0.2, 0) is 11.2 Å². The van der Waals surface area contributed by atoms with Gasteiger partial charge in [0.1, 0.15) is 0 Å². The second-order valence-corrected chi connectivity index (χ2v) is 7.55. The van der Waals surface area contributed by atoms with Gasteiger partial charge in [0.05, 0.1) is 22.9 Å². The van der Waals surface area contributed by atoms with Crippen LogP contribution in [0.25, 0.3) is 0 Å². The third kappa shape index (κ3) is 2.89. The maximum absolute atomic E-state index is 13.3. The van der Waals surface area contributed by atoms with Crippen LogP contribution in [0.2, 0.25) is 0 Å². The van der Waals surface area contributed by atoms with Crippen molar-refractivity contribution in [2.24, 2.45) is 11.3 Å². The molecule has 0 aromatic carbocycles. The molecule has 6 nitrogen and oxygen atoms in total. The van der Waals surface area contributed by atoms with E-state index in [1.54, 1.807) is 18.6 Å². The van der Waals surface area contributed by atoms with Gasteiger partial charge in [0.25, 0.3) is 5.91 Å². The molecule has 4 heterocycles. The number of pyridine rings is 2. The second-order valence-electron chi connectivity index (χ2n) is 7.55. The fourth-order valence-corrected chi connectivity index (χ4v) is 4.32. The summed E-state index contributed by atoms with van der Waals surface area (Å²) < 4.78 is 0. The summed E-state index contributed by atoms with van der Waals surface area (Å²) in [5.74, 6) is 0.192. The number of carbonyl (C=O) groups excluding carboxylic acids is 2. The number of likely N-dealkylation sites (tertiary alicyclic amines) is 1. The topological polar surface area (TPSA) is 66.4 Å². The number of hydrogen-bond acceptors (Lipinski definition) is 4. The molecule has 0 bridgehead atoms. The van der Waals surface area contributed by atoms with Crippen molar-refractivity contribution in [3.63, 3.8) is 0 Å². The van der Waals surface area contributed by atoms with Crippen molar-refractivity contribution in [3.05, 3.63) is 54.1 Å². The minimum atomic E-state index is -0.498. The van der Waals surface area contributed by atoms with E-state index >= 15 is 0 Å². The monoisotopic (exact) mass is 364 g/mol. The first-order valence-electron chi connectivity index (χ1n) is 9.51. The molecule has 0 unspecified atom stereocenters. The molecule has 2 atom stereocenters. The number of aromatic nitrogens is 2. The van der Waals surface area contributed by atoms with Crippen LogP contribution in [0.5, 0.6) is 0 Å². The van der Waals surface area contributed by atoms with E-state index < -0.39 is 5.41 Å². The minimum Gasteiger partial charge on any atom is -0.337 e. The molecule has 0 saturated carbocycles. The Balaban J connectivity index is 1.54. The molecule has 1 spiro atoms. The van der Waals surface area contributed by atoms with Gasteiger partial charge < -0.3 is 9.80 Å². The normalized spacial score (nSPS) is 24.8. The first-order valence-corrected chi connectivity index (χ1v) is 9.51. The van der Waals surface area contributed by atoms with E-state index in [2.05, 4.69) is 16.9 Å². The Kier molecular flexibility index (Phi) is 4.42. The van der Waals surface area contributed by atoms with E-state index in [-0.39, 0.29) is 17.7 Å². The zero-order chi connectivity index (χ0) is 19.0. The van der Waals surface area contributed by atoms with Gasteiger partial charge in [0.15, 0.2) is 0 Å². The third-order valence-corrected chi connectivity index (χ3v) is 6.04. The molecule has 4 rings (SSSR count). The van der Waals surface area contributed by atoms with Gasteiger partial charge in [-0.25, -0.2) is 0 Å². The number of carbonyl (C=O) groups is 2. The average Bonchev–Trinajstić information content (AvgIpc) is 3.23. The molecular weight excluding hydrogens is 340 g/mol. The van der Waals surface area contributed by atoms with Crippen LogP contribution in [0.15, 0.2) is 42.9 Å². The fraction of sp³-hybridized carbons (Fsp3) is 0.429. The summed E-state index contributed by atoms with van der Waals surface area (Å²) in [4.78, 5) is 38.3. The van der Waals surface area contributed by atoms with Crippen LogP contribution in [-0.4, -0.2) is 46.3 Å². The Hall–Kier alpha value is -2.76. The van der Waals surface area contributed by atoms with Crippen LogP contribution in [0.1, 0.15) is 36.3 Å². The maximum atomic E-state index is 13.3. The Bertz CT molecular complexity index is 852. The molecule has 2 aliphatic heterocycles. The predicted molar refractivity (Wildman–Crippen MR) is 102 cm³/mol. The lowest BCUT2D eigenvalue weighted by Crippen LogP contribution is -2.40. The number of amides is 2. The van der Waals surface area contributed by atoms with Crippen molar-refractivity contribution in [2.75, 3.05) is 24.5 Å². The zero-order valence-electron chi connectivity index (χ0n) is 15.8. The highest BCUT2D eigenvalue weighted by molar-refractivity contribution is 6.01. The van der Waals surface area contributed by atoms with Gasteiger partial charge in [-0.1, -0.05) is 13.8 Å². The smallest absolute Gasteiger partial charge is 0.255 e. The first kappa shape index (κ1) is 17.6. The summed E-state index contributed by atoms with van der Waals surface area (Å²) >= 11 is 0. The molecular formula is C21H24N4O2. The van der Waals surface area contributed by atoms with Gasteiger partial charge in [0, 0.05) is 37.7 Å². The largest absolute Gasteiger partial charge is 0.337 e. The molecule has 2 saturated heterocycles. The van der Waals surface area contributed by atoms with E-state index in [0.717, 1.165) is 24.2 Å². The van der Waals surface area contributed by atoms with Crippen LogP contribution in [0.4, 0.5) is 5.69 Å². The highest BCUT2D eigenvalue weighted by Crippen LogP contribution is 2.46. The fourth-order valence-electron chi connectivity index (χ4n) is 4.32. The van der Waals surface area contributed by atoms with Crippen LogP contribution in [0.3, 0.4) is 0 Å². The van der Waals surface area contributed by atoms with Gasteiger partial charge in [-0.3, -0.25) is 19.6 Å². The highest BCUT2D eigenvalue weighted by atomic mass is 16.2. The van der Waals surface area contributed by atoms with E-state index in [0.29, 0.717) is 25.2 Å². The molecule has 2 aliphatic rings. The molecule has 140 valence electrons. The molecule has 0 radical (unpaired) electrons. The van der Waals surface area contributed by atoms with Crippen molar-refractivity contribution in [1.82, 2.24) is 14.9 Å². The van der Waals surface area contributed by atoms with Crippen molar-refractivity contribution in [3.8, 4) is 0 Å².